The fourth-order valence-electron chi connectivity index (χ4n) is 8.02. The van der Waals surface area contributed by atoms with Gasteiger partial charge in [-0.15, -0.1) is 0 Å². The number of hydrogen-bond acceptors (Lipinski definition) is 9. The van der Waals surface area contributed by atoms with Crippen LogP contribution in [-0.4, -0.2) is 89.6 Å². The molecule has 0 aliphatic carbocycles. The van der Waals surface area contributed by atoms with Gasteiger partial charge in [-0.1, -0.05) is 208 Å². The minimum absolute atomic E-state index is 0.124. The van der Waals surface area contributed by atoms with Gasteiger partial charge in [-0.2, -0.15) is 0 Å². The predicted molar refractivity (Wildman–Crippen MR) is 283 cm³/mol. The van der Waals surface area contributed by atoms with Gasteiger partial charge in [-0.3, -0.25) is 4.79 Å². The van der Waals surface area contributed by atoms with Gasteiger partial charge in [0.05, 0.1) is 19.8 Å². The van der Waals surface area contributed by atoms with Crippen molar-refractivity contribution in [2.75, 3.05) is 26.4 Å². The lowest BCUT2D eigenvalue weighted by Gasteiger charge is -2.39. The van der Waals surface area contributed by atoms with E-state index in [4.69, 9.17) is 18.9 Å². The number of aliphatic hydroxyl groups excluding tert-OH is 4. The van der Waals surface area contributed by atoms with E-state index in [1.54, 1.807) is 0 Å². The summed E-state index contributed by atoms with van der Waals surface area (Å²) in [5.74, 6) is -0.329. The summed E-state index contributed by atoms with van der Waals surface area (Å²) in [6.45, 7) is 4.43. The Morgan fingerprint density at radius 1 is 0.485 bits per heavy atom. The Labute approximate surface area is 416 Å². The molecule has 68 heavy (non-hydrogen) atoms. The number of hydrogen-bond donors (Lipinski definition) is 4. The van der Waals surface area contributed by atoms with Gasteiger partial charge in [0.2, 0.25) is 0 Å². The Kier molecular flexibility index (Phi) is 46.0. The average Bonchev–Trinajstić information content (AvgIpc) is 3.34. The number of rotatable bonds is 47. The standard InChI is InChI=1S/C59H102O9/c1-3-5-7-9-11-13-15-17-19-21-23-25-26-27-28-29-30-32-34-36-38-40-42-44-46-48-55(61)67-53(52-66-59-58(64)57(63)56(62)54(50-60)68-59)51-65-49-47-45-43-41-39-37-35-33-31-24-22-20-18-16-14-12-10-8-6-4-2/h5,7,11,13,17-20,23,25,27-28,30,32,53-54,56-60,62-64H,3-4,6,8-10,12,14-16,21-22,24,26,29,31,33-52H2,1-2H3/b7-5-,13-11-,19-17-,20-18-,25-23-,28-27-,32-30-. The highest BCUT2D eigenvalue weighted by Crippen LogP contribution is 2.23. The number of esters is 1. The van der Waals surface area contributed by atoms with Gasteiger partial charge in [0.15, 0.2) is 6.29 Å². The molecule has 0 bridgehead atoms. The van der Waals surface area contributed by atoms with Crippen molar-refractivity contribution in [3.05, 3.63) is 85.1 Å². The van der Waals surface area contributed by atoms with Crippen molar-refractivity contribution in [2.24, 2.45) is 0 Å². The Morgan fingerprint density at radius 2 is 0.897 bits per heavy atom. The van der Waals surface area contributed by atoms with Gasteiger partial charge in [0, 0.05) is 13.0 Å². The minimum atomic E-state index is -1.54. The maximum absolute atomic E-state index is 12.9. The molecule has 9 nitrogen and oxygen atoms in total. The number of ether oxygens (including phenoxy) is 4. The van der Waals surface area contributed by atoms with E-state index in [0.29, 0.717) is 13.0 Å². The van der Waals surface area contributed by atoms with Crippen molar-refractivity contribution in [3.8, 4) is 0 Å². The van der Waals surface area contributed by atoms with Crippen LogP contribution in [0.2, 0.25) is 0 Å². The van der Waals surface area contributed by atoms with E-state index < -0.39 is 43.4 Å². The predicted octanol–water partition coefficient (Wildman–Crippen LogP) is 14.1. The first kappa shape index (κ1) is 63.4. The lowest BCUT2D eigenvalue weighted by molar-refractivity contribution is -0.305. The third-order valence-electron chi connectivity index (χ3n) is 12.3. The van der Waals surface area contributed by atoms with Crippen LogP contribution in [0.5, 0.6) is 0 Å². The fourth-order valence-corrected chi connectivity index (χ4v) is 8.02. The highest BCUT2D eigenvalue weighted by molar-refractivity contribution is 5.69. The van der Waals surface area contributed by atoms with Gasteiger partial charge in [0.1, 0.15) is 30.5 Å². The summed E-state index contributed by atoms with van der Waals surface area (Å²) >= 11 is 0. The van der Waals surface area contributed by atoms with Crippen LogP contribution in [0.3, 0.4) is 0 Å². The number of allylic oxidation sites excluding steroid dienone is 14. The number of carbonyl (C=O) groups is 1. The van der Waals surface area contributed by atoms with Crippen LogP contribution >= 0.6 is 0 Å². The normalized spacial score (nSPS) is 19.8. The van der Waals surface area contributed by atoms with Crippen molar-refractivity contribution in [3.63, 3.8) is 0 Å². The summed E-state index contributed by atoms with van der Waals surface area (Å²) in [6.07, 6.45) is 60.4. The van der Waals surface area contributed by atoms with Crippen LogP contribution in [0.15, 0.2) is 85.1 Å². The molecule has 1 aliphatic rings. The van der Waals surface area contributed by atoms with E-state index in [-0.39, 0.29) is 19.2 Å². The van der Waals surface area contributed by atoms with Crippen molar-refractivity contribution in [1.82, 2.24) is 0 Å². The number of aliphatic hydroxyl groups is 4. The average molecular weight is 955 g/mol. The molecule has 0 aromatic carbocycles. The first-order valence-electron chi connectivity index (χ1n) is 27.7. The molecule has 0 saturated carbocycles. The van der Waals surface area contributed by atoms with Crippen molar-refractivity contribution < 1.29 is 44.2 Å². The highest BCUT2D eigenvalue weighted by atomic mass is 16.7. The Balaban J connectivity index is 2.20. The van der Waals surface area contributed by atoms with E-state index in [9.17, 15) is 25.2 Å². The first-order chi connectivity index (χ1) is 33.4. The summed E-state index contributed by atoms with van der Waals surface area (Å²) in [4.78, 5) is 12.9. The Hall–Kier alpha value is -2.63. The molecule has 1 heterocycles. The van der Waals surface area contributed by atoms with Crippen molar-refractivity contribution in [1.29, 1.82) is 0 Å². The first-order valence-corrected chi connectivity index (χ1v) is 27.7. The zero-order valence-corrected chi connectivity index (χ0v) is 43.3. The molecule has 392 valence electrons. The van der Waals surface area contributed by atoms with E-state index >= 15 is 0 Å². The highest BCUT2D eigenvalue weighted by Gasteiger charge is 2.44. The Bertz CT molecular complexity index is 1320. The topological polar surface area (TPSA) is 135 Å². The molecule has 1 saturated heterocycles. The molecule has 0 spiro atoms. The fraction of sp³-hybridized carbons (Fsp3) is 0.746. The summed E-state index contributed by atoms with van der Waals surface area (Å²) in [6, 6.07) is 0. The van der Waals surface area contributed by atoms with E-state index in [2.05, 4.69) is 98.9 Å². The molecule has 0 aromatic heterocycles. The quantitative estimate of drug-likeness (QED) is 0.0267. The number of unbranched alkanes of at least 4 members (excludes halogenated alkanes) is 22. The van der Waals surface area contributed by atoms with Crippen molar-refractivity contribution >= 4 is 5.97 Å². The molecule has 0 radical (unpaired) electrons. The van der Waals surface area contributed by atoms with Gasteiger partial charge >= 0.3 is 5.97 Å². The molecule has 6 unspecified atom stereocenters. The van der Waals surface area contributed by atoms with Gasteiger partial charge in [-0.05, 0) is 89.9 Å². The summed E-state index contributed by atoms with van der Waals surface area (Å²) in [7, 11) is 0. The zero-order chi connectivity index (χ0) is 49.2. The second-order valence-corrected chi connectivity index (χ2v) is 18.6. The van der Waals surface area contributed by atoms with Gasteiger partial charge in [-0.25, -0.2) is 0 Å². The second-order valence-electron chi connectivity index (χ2n) is 18.6. The summed E-state index contributed by atoms with van der Waals surface area (Å²) in [5, 5.41) is 40.3. The van der Waals surface area contributed by atoms with Crippen LogP contribution in [-0.2, 0) is 23.7 Å². The smallest absolute Gasteiger partial charge is 0.306 e. The zero-order valence-electron chi connectivity index (χ0n) is 43.3. The molecule has 0 aromatic rings. The van der Waals surface area contributed by atoms with Crippen molar-refractivity contribution in [2.45, 2.75) is 256 Å². The Morgan fingerprint density at radius 3 is 1.37 bits per heavy atom. The monoisotopic (exact) mass is 955 g/mol. The SMILES string of the molecule is CC/C=C\C/C=C\C/C=C\C/C=C\C/C=C\C/C=C\CCCCCCCCC(=O)OC(COCCCCCCCCCCCC/C=C\CCCCCCCC)COC1OC(CO)C(O)C(O)C1O. The molecule has 1 fully saturated rings. The van der Waals surface area contributed by atoms with Crippen LogP contribution < -0.4 is 0 Å². The molecule has 6 atom stereocenters. The van der Waals surface area contributed by atoms with Crippen LogP contribution in [0, 0.1) is 0 Å². The lowest BCUT2D eigenvalue weighted by atomic mass is 9.99. The van der Waals surface area contributed by atoms with E-state index in [1.165, 1.54) is 116 Å². The van der Waals surface area contributed by atoms with Gasteiger partial charge in [0.25, 0.3) is 0 Å². The largest absolute Gasteiger partial charge is 0.457 e. The van der Waals surface area contributed by atoms with E-state index in [0.717, 1.165) is 83.5 Å². The molecular formula is C59H102O9. The van der Waals surface area contributed by atoms with Crippen LogP contribution in [0.1, 0.15) is 219 Å². The lowest BCUT2D eigenvalue weighted by Crippen LogP contribution is -2.59. The second kappa shape index (κ2) is 49.4. The van der Waals surface area contributed by atoms with Gasteiger partial charge < -0.3 is 39.4 Å². The van der Waals surface area contributed by atoms with Crippen LogP contribution in [0.25, 0.3) is 0 Å². The van der Waals surface area contributed by atoms with E-state index in [1.807, 2.05) is 0 Å². The van der Waals surface area contributed by atoms with Crippen LogP contribution in [0.4, 0.5) is 0 Å². The molecule has 9 heteroatoms. The minimum Gasteiger partial charge on any atom is -0.457 e. The summed E-state index contributed by atoms with van der Waals surface area (Å²) in [5.41, 5.74) is 0. The third kappa shape index (κ3) is 39.1. The maximum atomic E-state index is 12.9. The molecule has 1 rings (SSSR count). The maximum Gasteiger partial charge on any atom is 0.306 e. The molecule has 1 aliphatic heterocycles. The summed E-state index contributed by atoms with van der Waals surface area (Å²) < 4.78 is 22.9. The molecular weight excluding hydrogens is 853 g/mol. The molecule has 0 amide bonds. The number of carbonyl (C=O) groups excluding carboxylic acids is 1. The molecule has 4 N–H and O–H groups in total. The third-order valence-corrected chi connectivity index (χ3v) is 12.3.